The molecule has 0 spiro atoms. The maximum absolute atomic E-state index is 12.8. The molecule has 0 bridgehead atoms. The summed E-state index contributed by atoms with van der Waals surface area (Å²) in [6.45, 7) is -0.566. The van der Waals surface area contributed by atoms with Gasteiger partial charge in [0.1, 0.15) is 11.7 Å². The molecule has 2 aromatic rings. The van der Waals surface area contributed by atoms with Crippen molar-refractivity contribution in [3.8, 4) is 0 Å². The molecule has 0 aliphatic carbocycles. The molecular formula is C17H18N4O4S. The lowest BCUT2D eigenvalue weighted by Gasteiger charge is -2.45. The van der Waals surface area contributed by atoms with E-state index in [1.807, 2.05) is 0 Å². The summed E-state index contributed by atoms with van der Waals surface area (Å²) in [6, 6.07) is 14.9. The summed E-state index contributed by atoms with van der Waals surface area (Å²) in [5, 5.41) is 25.3. The second-order valence-electron chi connectivity index (χ2n) is 6.06. The molecule has 2 N–H and O–H groups in total. The first-order valence-corrected chi connectivity index (χ1v) is 9.40. The van der Waals surface area contributed by atoms with Gasteiger partial charge in [0.25, 0.3) is 0 Å². The molecule has 1 fully saturated rings. The number of rotatable bonds is 4. The van der Waals surface area contributed by atoms with Gasteiger partial charge in [-0.3, -0.25) is 0 Å². The third kappa shape index (κ3) is 3.07. The number of hydrogen-bond acceptors (Lipinski definition) is 5. The first kappa shape index (κ1) is 18.4. The van der Waals surface area contributed by atoms with Crippen molar-refractivity contribution in [3.05, 3.63) is 76.7 Å². The Kier molecular flexibility index (Phi) is 4.99. The molecule has 0 unspecified atom stereocenters. The third-order valence-electron chi connectivity index (χ3n) is 4.58. The van der Waals surface area contributed by atoms with Gasteiger partial charge in [-0.2, -0.15) is 4.31 Å². The van der Waals surface area contributed by atoms with Crippen molar-refractivity contribution in [1.29, 1.82) is 0 Å². The van der Waals surface area contributed by atoms with Gasteiger partial charge < -0.3 is 10.2 Å². The van der Waals surface area contributed by atoms with E-state index < -0.39 is 27.8 Å². The van der Waals surface area contributed by atoms with Crippen molar-refractivity contribution < 1.29 is 18.6 Å². The monoisotopic (exact) mass is 374 g/mol. The average molecular weight is 374 g/mol. The van der Waals surface area contributed by atoms with Crippen LogP contribution in [0.2, 0.25) is 0 Å². The molecule has 0 aromatic heterocycles. The van der Waals surface area contributed by atoms with Gasteiger partial charge in [0, 0.05) is 18.0 Å². The Hall–Kier alpha value is -2.42. The van der Waals surface area contributed by atoms with E-state index in [-0.39, 0.29) is 18.0 Å². The SMILES string of the molecule is [N-]=[N+]=N[C@H]1CN(S(=O)(=O)c2ccccc2)C[C@H](O)[C@@]1(O)c1ccccc1. The van der Waals surface area contributed by atoms with E-state index >= 15 is 0 Å². The van der Waals surface area contributed by atoms with Crippen molar-refractivity contribution in [3.63, 3.8) is 0 Å². The molecule has 2 aromatic carbocycles. The molecule has 8 nitrogen and oxygen atoms in total. The summed E-state index contributed by atoms with van der Waals surface area (Å²) in [5.41, 5.74) is 7.37. The van der Waals surface area contributed by atoms with Gasteiger partial charge in [0.05, 0.1) is 10.9 Å². The summed E-state index contributed by atoms with van der Waals surface area (Å²) in [7, 11) is -3.90. The van der Waals surface area contributed by atoms with Crippen LogP contribution in [0.4, 0.5) is 0 Å². The van der Waals surface area contributed by atoms with E-state index in [2.05, 4.69) is 10.0 Å². The fraction of sp³-hybridized carbons (Fsp3) is 0.294. The third-order valence-corrected chi connectivity index (χ3v) is 6.42. The van der Waals surface area contributed by atoms with Crippen molar-refractivity contribution in [2.75, 3.05) is 13.1 Å². The standard InChI is InChI=1S/C17H18N4O4S/c18-20-19-15-11-21(26(24,25)14-9-5-2-6-10-14)12-16(22)17(15,23)13-7-3-1-4-8-13/h1-10,15-16,22-23H,11-12H2/t15-,16-,17+/m0/s1. The van der Waals surface area contributed by atoms with Crippen LogP contribution in [0.25, 0.3) is 10.4 Å². The molecule has 9 heteroatoms. The Morgan fingerprint density at radius 3 is 2.23 bits per heavy atom. The zero-order valence-corrected chi connectivity index (χ0v) is 14.6. The second-order valence-corrected chi connectivity index (χ2v) is 8.00. The number of aliphatic hydroxyl groups is 2. The van der Waals surface area contributed by atoms with Crippen LogP contribution in [-0.2, 0) is 15.6 Å². The molecule has 1 saturated heterocycles. The van der Waals surface area contributed by atoms with Crippen molar-refractivity contribution in [1.82, 2.24) is 4.31 Å². The highest BCUT2D eigenvalue weighted by molar-refractivity contribution is 7.89. The molecule has 1 aliphatic heterocycles. The van der Waals surface area contributed by atoms with Gasteiger partial charge in [0.2, 0.25) is 10.0 Å². The summed E-state index contributed by atoms with van der Waals surface area (Å²) >= 11 is 0. The Labute approximate surface area is 151 Å². The van der Waals surface area contributed by atoms with Gasteiger partial charge in [0.15, 0.2) is 0 Å². The van der Waals surface area contributed by atoms with Gasteiger partial charge in [-0.15, -0.1) is 0 Å². The number of piperidine rings is 1. The van der Waals surface area contributed by atoms with E-state index in [1.165, 1.54) is 12.1 Å². The van der Waals surface area contributed by atoms with Crippen LogP contribution in [0.1, 0.15) is 5.56 Å². The summed E-state index contributed by atoms with van der Waals surface area (Å²) < 4.78 is 26.7. The summed E-state index contributed by atoms with van der Waals surface area (Å²) in [5.74, 6) is 0. The lowest BCUT2D eigenvalue weighted by atomic mass is 9.79. The van der Waals surface area contributed by atoms with E-state index in [0.717, 1.165) is 4.31 Å². The number of azide groups is 1. The zero-order chi connectivity index (χ0) is 18.8. The molecular weight excluding hydrogens is 356 g/mol. The van der Waals surface area contributed by atoms with Gasteiger partial charge in [-0.1, -0.05) is 53.6 Å². The lowest BCUT2D eigenvalue weighted by Crippen LogP contribution is -2.62. The van der Waals surface area contributed by atoms with Crippen LogP contribution in [0.15, 0.2) is 70.7 Å². The van der Waals surface area contributed by atoms with Crippen molar-refractivity contribution in [2.24, 2.45) is 5.11 Å². The number of aliphatic hydroxyl groups excluding tert-OH is 1. The van der Waals surface area contributed by atoms with Crippen molar-refractivity contribution >= 4 is 10.0 Å². The highest BCUT2D eigenvalue weighted by Crippen LogP contribution is 2.37. The fourth-order valence-corrected chi connectivity index (χ4v) is 4.65. The number of sulfonamides is 1. The molecule has 1 aliphatic rings. The Morgan fingerprint density at radius 2 is 1.65 bits per heavy atom. The van der Waals surface area contributed by atoms with Crippen LogP contribution in [0.5, 0.6) is 0 Å². The number of nitrogens with zero attached hydrogens (tertiary/aromatic N) is 4. The first-order chi connectivity index (χ1) is 12.4. The summed E-state index contributed by atoms with van der Waals surface area (Å²) in [6.07, 6.45) is -1.47. The maximum Gasteiger partial charge on any atom is 0.243 e. The van der Waals surface area contributed by atoms with Crippen LogP contribution in [-0.4, -0.2) is 48.2 Å². The minimum absolute atomic E-state index is 0.0667. The summed E-state index contributed by atoms with van der Waals surface area (Å²) in [4.78, 5) is 2.80. The molecule has 136 valence electrons. The zero-order valence-electron chi connectivity index (χ0n) is 13.8. The molecule has 3 atom stereocenters. The van der Waals surface area contributed by atoms with Gasteiger partial charge in [-0.05, 0) is 23.2 Å². The largest absolute Gasteiger partial charge is 0.388 e. The normalized spacial score (nSPS) is 26.8. The van der Waals surface area contributed by atoms with E-state index in [1.54, 1.807) is 48.5 Å². The topological polar surface area (TPSA) is 127 Å². The smallest absolute Gasteiger partial charge is 0.243 e. The fourth-order valence-electron chi connectivity index (χ4n) is 3.18. The Bertz CT molecular complexity index is 916. The molecule has 26 heavy (non-hydrogen) atoms. The molecule has 0 radical (unpaired) electrons. The average Bonchev–Trinajstić information content (AvgIpc) is 2.66. The quantitative estimate of drug-likeness (QED) is 0.479. The first-order valence-electron chi connectivity index (χ1n) is 7.96. The highest BCUT2D eigenvalue weighted by atomic mass is 32.2. The molecule has 3 rings (SSSR count). The van der Waals surface area contributed by atoms with Gasteiger partial charge in [-0.25, -0.2) is 8.42 Å². The number of β-amino-alcohol motifs (C(OH)–C–C–N with tert-alkyl or cyclic N) is 1. The van der Waals surface area contributed by atoms with Crippen LogP contribution >= 0.6 is 0 Å². The minimum Gasteiger partial charge on any atom is -0.388 e. The number of benzene rings is 2. The Morgan fingerprint density at radius 1 is 1.08 bits per heavy atom. The Balaban J connectivity index is 2.01. The molecule has 1 heterocycles. The lowest BCUT2D eigenvalue weighted by molar-refractivity contribution is -0.124. The van der Waals surface area contributed by atoms with Crippen LogP contribution in [0, 0.1) is 0 Å². The van der Waals surface area contributed by atoms with Gasteiger partial charge >= 0.3 is 0 Å². The predicted molar refractivity (Wildman–Crippen MR) is 94.5 cm³/mol. The van der Waals surface area contributed by atoms with E-state index in [0.29, 0.717) is 5.56 Å². The minimum atomic E-state index is -3.90. The van der Waals surface area contributed by atoms with Crippen LogP contribution < -0.4 is 0 Å². The maximum atomic E-state index is 12.8. The number of hydrogen-bond donors (Lipinski definition) is 2. The second kappa shape index (κ2) is 7.06. The van der Waals surface area contributed by atoms with E-state index in [4.69, 9.17) is 5.53 Å². The van der Waals surface area contributed by atoms with Crippen LogP contribution in [0.3, 0.4) is 0 Å². The van der Waals surface area contributed by atoms with E-state index in [9.17, 15) is 18.6 Å². The van der Waals surface area contributed by atoms with Crippen molar-refractivity contribution in [2.45, 2.75) is 22.6 Å². The molecule has 0 amide bonds. The molecule has 0 saturated carbocycles. The predicted octanol–water partition coefficient (Wildman–Crippen LogP) is 1.62. The highest BCUT2D eigenvalue weighted by Gasteiger charge is 2.51.